The number of carbonyl (C=O) groups excluding carboxylic acids is 1. The van der Waals surface area contributed by atoms with Gasteiger partial charge in [-0.25, -0.2) is 4.98 Å². The Labute approximate surface area is 173 Å². The monoisotopic (exact) mass is 397 g/mol. The van der Waals surface area contributed by atoms with Gasteiger partial charge in [0.15, 0.2) is 0 Å². The fraction of sp³-hybridized carbons (Fsp3) is 0.0417. The number of amides is 1. The van der Waals surface area contributed by atoms with Crippen LogP contribution in [0.2, 0.25) is 0 Å². The summed E-state index contributed by atoms with van der Waals surface area (Å²) in [6.45, 7) is -0.122. The molecular weight excluding hydrogens is 378 g/mol. The molecule has 0 aliphatic heterocycles. The Kier molecular flexibility index (Phi) is 5.66. The molecule has 0 fully saturated rings. The van der Waals surface area contributed by atoms with Crippen LogP contribution in [-0.2, 0) is 11.3 Å². The molecule has 1 N–H and O–H groups in total. The van der Waals surface area contributed by atoms with Crippen LogP contribution in [0.25, 0.3) is 11.3 Å². The van der Waals surface area contributed by atoms with Crippen LogP contribution in [0.15, 0.2) is 102 Å². The topological polar surface area (TPSA) is 73.2 Å². The van der Waals surface area contributed by atoms with E-state index in [-0.39, 0.29) is 18.0 Å². The number of para-hydroxylation sites is 1. The van der Waals surface area contributed by atoms with Crippen molar-refractivity contribution in [1.82, 2.24) is 9.55 Å². The van der Waals surface area contributed by atoms with Crippen molar-refractivity contribution >= 4 is 11.6 Å². The second kappa shape index (κ2) is 8.87. The highest BCUT2D eigenvalue weighted by molar-refractivity contribution is 5.90. The molecule has 0 bridgehead atoms. The zero-order chi connectivity index (χ0) is 20.8. The van der Waals surface area contributed by atoms with E-state index in [1.54, 1.807) is 24.3 Å². The van der Waals surface area contributed by atoms with E-state index in [2.05, 4.69) is 10.3 Å². The number of rotatable bonds is 6. The molecule has 0 saturated carbocycles. The molecule has 4 aromatic rings. The van der Waals surface area contributed by atoms with E-state index in [1.165, 1.54) is 17.0 Å². The predicted molar refractivity (Wildman–Crippen MR) is 116 cm³/mol. The third-order valence-electron chi connectivity index (χ3n) is 4.38. The van der Waals surface area contributed by atoms with E-state index < -0.39 is 0 Å². The molecule has 1 heterocycles. The highest BCUT2D eigenvalue weighted by atomic mass is 16.5. The number of aromatic nitrogens is 2. The summed E-state index contributed by atoms with van der Waals surface area (Å²) in [5, 5.41) is 2.77. The van der Waals surface area contributed by atoms with Crippen LogP contribution < -0.4 is 15.6 Å². The largest absolute Gasteiger partial charge is 0.457 e. The van der Waals surface area contributed by atoms with Gasteiger partial charge < -0.3 is 10.1 Å². The van der Waals surface area contributed by atoms with E-state index in [1.807, 2.05) is 60.7 Å². The van der Waals surface area contributed by atoms with E-state index in [0.29, 0.717) is 17.1 Å². The van der Waals surface area contributed by atoms with Gasteiger partial charge in [-0.15, -0.1) is 0 Å². The van der Waals surface area contributed by atoms with Gasteiger partial charge >= 0.3 is 0 Å². The number of benzene rings is 3. The van der Waals surface area contributed by atoms with Gasteiger partial charge in [0.05, 0.1) is 12.0 Å². The molecule has 4 rings (SSSR count). The van der Waals surface area contributed by atoms with Gasteiger partial charge in [0.1, 0.15) is 18.0 Å². The molecule has 0 aliphatic carbocycles. The molecule has 0 radical (unpaired) electrons. The quantitative estimate of drug-likeness (QED) is 0.525. The number of hydrogen-bond donors (Lipinski definition) is 1. The molecule has 6 nitrogen and oxygen atoms in total. The molecule has 148 valence electrons. The summed E-state index contributed by atoms with van der Waals surface area (Å²) in [5.74, 6) is 1.08. The summed E-state index contributed by atoms with van der Waals surface area (Å²) < 4.78 is 7.00. The zero-order valence-corrected chi connectivity index (χ0v) is 16.1. The molecule has 1 aromatic heterocycles. The molecule has 6 heteroatoms. The summed E-state index contributed by atoms with van der Waals surface area (Å²) in [7, 11) is 0. The lowest BCUT2D eigenvalue weighted by Gasteiger charge is -2.09. The summed E-state index contributed by atoms with van der Waals surface area (Å²) in [4.78, 5) is 29.0. The molecule has 0 aliphatic rings. The summed E-state index contributed by atoms with van der Waals surface area (Å²) in [6.07, 6.45) is 1.39. The number of ether oxygens (including phenoxy) is 1. The SMILES string of the molecule is O=C(Cn1cnc(-c2ccccc2)cc1=O)Nc1ccc(Oc2ccccc2)cc1. The fourth-order valence-corrected chi connectivity index (χ4v) is 2.90. The molecule has 3 aromatic carbocycles. The molecule has 0 saturated heterocycles. The standard InChI is InChI=1S/C24H19N3O3/c28-23(16-27-17-25-22(15-24(27)29)18-7-3-1-4-8-18)26-19-11-13-21(14-12-19)30-20-9-5-2-6-10-20/h1-15,17H,16H2,(H,26,28). The number of nitrogens with one attached hydrogen (secondary N) is 1. The average Bonchev–Trinajstić information content (AvgIpc) is 2.78. The lowest BCUT2D eigenvalue weighted by Crippen LogP contribution is -2.27. The number of hydrogen-bond acceptors (Lipinski definition) is 4. The Morgan fingerprint density at radius 3 is 2.17 bits per heavy atom. The number of nitrogens with zero attached hydrogens (tertiary/aromatic N) is 2. The van der Waals surface area contributed by atoms with Gasteiger partial charge in [-0.1, -0.05) is 48.5 Å². The summed E-state index contributed by atoms with van der Waals surface area (Å²) in [6, 6.07) is 27.3. The van der Waals surface area contributed by atoms with E-state index in [4.69, 9.17) is 4.74 Å². The first-order valence-electron chi connectivity index (χ1n) is 9.42. The normalized spacial score (nSPS) is 10.4. The van der Waals surface area contributed by atoms with Crippen LogP contribution in [0.5, 0.6) is 11.5 Å². The molecule has 30 heavy (non-hydrogen) atoms. The van der Waals surface area contributed by atoms with Crippen LogP contribution in [0, 0.1) is 0 Å². The maximum absolute atomic E-state index is 12.3. The highest BCUT2D eigenvalue weighted by Gasteiger charge is 2.08. The lowest BCUT2D eigenvalue weighted by atomic mass is 10.1. The van der Waals surface area contributed by atoms with Crippen molar-refractivity contribution in [3.63, 3.8) is 0 Å². The Hall–Kier alpha value is -4.19. The van der Waals surface area contributed by atoms with Gasteiger partial charge in [0, 0.05) is 17.3 Å². The third-order valence-corrected chi connectivity index (χ3v) is 4.38. The molecule has 0 unspecified atom stereocenters. The maximum atomic E-state index is 12.3. The van der Waals surface area contributed by atoms with Crippen molar-refractivity contribution in [1.29, 1.82) is 0 Å². The van der Waals surface area contributed by atoms with Crippen molar-refractivity contribution in [2.45, 2.75) is 6.54 Å². The highest BCUT2D eigenvalue weighted by Crippen LogP contribution is 2.22. The Morgan fingerprint density at radius 1 is 0.867 bits per heavy atom. The number of carbonyl (C=O) groups is 1. The molecular formula is C24H19N3O3. The van der Waals surface area contributed by atoms with Crippen LogP contribution in [0.3, 0.4) is 0 Å². The minimum atomic E-state index is -0.317. The van der Waals surface area contributed by atoms with E-state index >= 15 is 0 Å². The minimum absolute atomic E-state index is 0.122. The first-order valence-corrected chi connectivity index (χ1v) is 9.42. The average molecular weight is 397 g/mol. The van der Waals surface area contributed by atoms with Crippen molar-refractivity contribution in [2.75, 3.05) is 5.32 Å². The maximum Gasteiger partial charge on any atom is 0.254 e. The zero-order valence-electron chi connectivity index (χ0n) is 16.1. The fourth-order valence-electron chi connectivity index (χ4n) is 2.90. The first-order chi connectivity index (χ1) is 14.7. The van der Waals surface area contributed by atoms with Gasteiger partial charge in [0.2, 0.25) is 5.91 Å². The lowest BCUT2D eigenvalue weighted by molar-refractivity contribution is -0.116. The Balaban J connectivity index is 1.38. The third kappa shape index (κ3) is 4.80. The van der Waals surface area contributed by atoms with Crippen LogP contribution >= 0.6 is 0 Å². The Bertz CT molecular complexity index is 1190. The van der Waals surface area contributed by atoms with E-state index in [0.717, 1.165) is 11.3 Å². The summed E-state index contributed by atoms with van der Waals surface area (Å²) in [5.41, 5.74) is 1.75. The minimum Gasteiger partial charge on any atom is -0.457 e. The van der Waals surface area contributed by atoms with Gasteiger partial charge in [-0.05, 0) is 36.4 Å². The van der Waals surface area contributed by atoms with Crippen molar-refractivity contribution in [3.05, 3.63) is 108 Å². The van der Waals surface area contributed by atoms with Gasteiger partial charge in [-0.3, -0.25) is 14.2 Å². The van der Waals surface area contributed by atoms with Crippen LogP contribution in [0.1, 0.15) is 0 Å². The Morgan fingerprint density at radius 2 is 1.50 bits per heavy atom. The predicted octanol–water partition coefficient (Wildman–Crippen LogP) is 4.34. The van der Waals surface area contributed by atoms with Crippen molar-refractivity contribution < 1.29 is 9.53 Å². The second-order valence-corrected chi connectivity index (χ2v) is 6.59. The smallest absolute Gasteiger partial charge is 0.254 e. The molecule has 0 atom stereocenters. The van der Waals surface area contributed by atoms with Crippen LogP contribution in [-0.4, -0.2) is 15.5 Å². The summed E-state index contributed by atoms with van der Waals surface area (Å²) >= 11 is 0. The van der Waals surface area contributed by atoms with Gasteiger partial charge in [-0.2, -0.15) is 0 Å². The van der Waals surface area contributed by atoms with Crippen molar-refractivity contribution in [3.8, 4) is 22.8 Å². The second-order valence-electron chi connectivity index (χ2n) is 6.59. The van der Waals surface area contributed by atoms with E-state index in [9.17, 15) is 9.59 Å². The number of anilines is 1. The van der Waals surface area contributed by atoms with Crippen molar-refractivity contribution in [2.24, 2.45) is 0 Å². The van der Waals surface area contributed by atoms with Gasteiger partial charge in [0.25, 0.3) is 5.56 Å². The molecule has 1 amide bonds. The van der Waals surface area contributed by atoms with Crippen LogP contribution in [0.4, 0.5) is 5.69 Å². The first kappa shape index (κ1) is 19.1. The molecule has 0 spiro atoms.